The number of rotatable bonds is 7. The zero-order valence-electron chi connectivity index (χ0n) is 16.5. The van der Waals surface area contributed by atoms with E-state index < -0.39 is 0 Å². The molecule has 0 aliphatic carbocycles. The maximum atomic E-state index is 12.0. The number of nitrogens with zero attached hydrogens (tertiary/aromatic N) is 3. The van der Waals surface area contributed by atoms with Gasteiger partial charge in [-0.2, -0.15) is 0 Å². The number of aromatic nitrogens is 3. The van der Waals surface area contributed by atoms with Gasteiger partial charge in [0.05, 0.1) is 12.1 Å². The highest BCUT2D eigenvalue weighted by molar-refractivity contribution is 5.94. The molecule has 0 unspecified atom stereocenters. The molecule has 2 aromatic carbocycles. The molecule has 2 heterocycles. The van der Waals surface area contributed by atoms with Crippen LogP contribution in [-0.2, 0) is 4.74 Å². The molecule has 1 amide bonds. The van der Waals surface area contributed by atoms with Crippen molar-refractivity contribution in [2.45, 2.75) is 0 Å². The number of ether oxygens (including phenoxy) is 1. The zero-order valence-corrected chi connectivity index (χ0v) is 16.5. The Balaban J connectivity index is 1.47. The minimum atomic E-state index is -0.134. The number of fused-ring (bicyclic) bond motifs is 1. The highest BCUT2D eigenvalue weighted by Crippen LogP contribution is 2.24. The second-order valence-electron chi connectivity index (χ2n) is 6.66. The Kier molecular flexibility index (Phi) is 5.91. The van der Waals surface area contributed by atoms with Crippen molar-refractivity contribution in [3.63, 3.8) is 0 Å². The largest absolute Gasteiger partial charge is 0.383 e. The quantitative estimate of drug-likeness (QED) is 0.460. The van der Waals surface area contributed by atoms with Gasteiger partial charge in [0.25, 0.3) is 5.91 Å². The SMILES string of the molecule is COCCNC(=O)c1ccc(Nc2ncc3cc(-c4cccnc4)ccc3n2)cc1. The molecule has 0 aliphatic heterocycles. The average Bonchev–Trinajstić information content (AvgIpc) is 2.80. The summed E-state index contributed by atoms with van der Waals surface area (Å²) in [4.78, 5) is 25.2. The smallest absolute Gasteiger partial charge is 0.251 e. The van der Waals surface area contributed by atoms with Crippen LogP contribution in [0, 0.1) is 0 Å². The minimum absolute atomic E-state index is 0.134. The van der Waals surface area contributed by atoms with Crippen LogP contribution in [-0.4, -0.2) is 41.1 Å². The number of methoxy groups -OCH3 is 1. The van der Waals surface area contributed by atoms with Crippen molar-refractivity contribution in [2.24, 2.45) is 0 Å². The van der Waals surface area contributed by atoms with Gasteiger partial charge in [0.15, 0.2) is 0 Å². The van der Waals surface area contributed by atoms with Gasteiger partial charge in [0.1, 0.15) is 0 Å². The molecular weight excluding hydrogens is 378 g/mol. The lowest BCUT2D eigenvalue weighted by atomic mass is 10.1. The molecule has 0 aliphatic rings. The summed E-state index contributed by atoms with van der Waals surface area (Å²) in [5.41, 5.74) is 4.34. The van der Waals surface area contributed by atoms with Gasteiger partial charge < -0.3 is 15.4 Å². The Hall–Kier alpha value is -3.84. The molecule has 4 aromatic rings. The first-order chi connectivity index (χ1) is 14.7. The maximum absolute atomic E-state index is 12.0. The van der Waals surface area contributed by atoms with E-state index >= 15 is 0 Å². The van der Waals surface area contributed by atoms with Crippen LogP contribution in [0.1, 0.15) is 10.4 Å². The van der Waals surface area contributed by atoms with Crippen molar-refractivity contribution in [1.29, 1.82) is 0 Å². The minimum Gasteiger partial charge on any atom is -0.383 e. The van der Waals surface area contributed by atoms with Crippen molar-refractivity contribution in [1.82, 2.24) is 20.3 Å². The number of anilines is 2. The molecule has 0 atom stereocenters. The number of amides is 1. The van der Waals surface area contributed by atoms with Gasteiger partial charge in [0.2, 0.25) is 5.95 Å². The fourth-order valence-electron chi connectivity index (χ4n) is 3.01. The van der Waals surface area contributed by atoms with Crippen molar-refractivity contribution in [3.05, 3.63) is 78.8 Å². The molecule has 150 valence electrons. The topological polar surface area (TPSA) is 89.0 Å². The normalized spacial score (nSPS) is 10.7. The molecule has 2 aromatic heterocycles. The van der Waals surface area contributed by atoms with E-state index in [4.69, 9.17) is 4.74 Å². The molecule has 30 heavy (non-hydrogen) atoms. The highest BCUT2D eigenvalue weighted by atomic mass is 16.5. The summed E-state index contributed by atoms with van der Waals surface area (Å²) in [5.74, 6) is 0.360. The predicted octanol–water partition coefficient (Wildman–Crippen LogP) is 3.81. The average molecular weight is 399 g/mol. The molecule has 0 bridgehead atoms. The molecule has 7 nitrogen and oxygen atoms in total. The van der Waals surface area contributed by atoms with Gasteiger partial charge in [-0.3, -0.25) is 9.78 Å². The molecule has 4 rings (SSSR count). The van der Waals surface area contributed by atoms with Crippen LogP contribution in [0.2, 0.25) is 0 Å². The molecule has 0 radical (unpaired) electrons. The summed E-state index contributed by atoms with van der Waals surface area (Å²) in [6.07, 6.45) is 5.38. The molecule has 0 saturated heterocycles. The Bertz CT molecular complexity index is 1150. The molecule has 0 fully saturated rings. The Morgan fingerprint density at radius 2 is 1.90 bits per heavy atom. The molecule has 0 spiro atoms. The van der Waals surface area contributed by atoms with Gasteiger partial charge in [-0.15, -0.1) is 0 Å². The van der Waals surface area contributed by atoms with Crippen molar-refractivity contribution in [2.75, 3.05) is 25.6 Å². The third kappa shape index (κ3) is 4.59. The summed E-state index contributed by atoms with van der Waals surface area (Å²) in [5, 5.41) is 6.92. The predicted molar refractivity (Wildman–Crippen MR) is 117 cm³/mol. The van der Waals surface area contributed by atoms with Crippen LogP contribution in [0.4, 0.5) is 11.6 Å². The third-order valence-electron chi connectivity index (χ3n) is 4.57. The van der Waals surface area contributed by atoms with Gasteiger partial charge >= 0.3 is 0 Å². The van der Waals surface area contributed by atoms with E-state index in [1.165, 1.54) is 0 Å². The van der Waals surface area contributed by atoms with E-state index in [1.807, 2.05) is 48.7 Å². The summed E-state index contributed by atoms with van der Waals surface area (Å²) in [6.45, 7) is 0.956. The first-order valence-electron chi connectivity index (χ1n) is 9.54. The Morgan fingerprint density at radius 1 is 1.03 bits per heavy atom. The molecule has 7 heteroatoms. The second kappa shape index (κ2) is 9.11. The summed E-state index contributed by atoms with van der Waals surface area (Å²) in [6, 6.07) is 17.1. The molecule has 0 saturated carbocycles. The highest BCUT2D eigenvalue weighted by Gasteiger charge is 2.06. The van der Waals surface area contributed by atoms with Crippen LogP contribution in [0.25, 0.3) is 22.0 Å². The number of carbonyl (C=O) groups is 1. The molecular formula is C23H21N5O2. The lowest BCUT2D eigenvalue weighted by Crippen LogP contribution is -2.26. The summed E-state index contributed by atoms with van der Waals surface area (Å²) in [7, 11) is 1.60. The lowest BCUT2D eigenvalue weighted by Gasteiger charge is -2.08. The van der Waals surface area contributed by atoms with E-state index in [0.717, 1.165) is 27.7 Å². The van der Waals surface area contributed by atoms with Crippen molar-refractivity contribution in [3.8, 4) is 11.1 Å². The fraction of sp³-hybridized carbons (Fsp3) is 0.130. The van der Waals surface area contributed by atoms with E-state index in [2.05, 4.69) is 25.6 Å². The number of pyridine rings is 1. The standard InChI is InChI=1S/C23H21N5O2/c1-30-12-11-25-22(29)16-4-7-20(8-5-16)27-23-26-15-19-13-17(6-9-21(19)28-23)18-3-2-10-24-14-18/h2-10,13-15H,11-12H2,1H3,(H,25,29)(H,26,27,28). The van der Waals surface area contributed by atoms with Crippen LogP contribution in [0.5, 0.6) is 0 Å². The summed E-state index contributed by atoms with van der Waals surface area (Å²) >= 11 is 0. The first-order valence-corrected chi connectivity index (χ1v) is 9.54. The van der Waals surface area contributed by atoms with Crippen LogP contribution >= 0.6 is 0 Å². The number of carbonyl (C=O) groups excluding carboxylic acids is 1. The number of nitrogens with one attached hydrogen (secondary N) is 2. The maximum Gasteiger partial charge on any atom is 0.251 e. The third-order valence-corrected chi connectivity index (χ3v) is 4.57. The zero-order chi connectivity index (χ0) is 20.8. The number of benzene rings is 2. The Morgan fingerprint density at radius 3 is 2.67 bits per heavy atom. The van der Waals surface area contributed by atoms with Gasteiger partial charge in [-0.05, 0) is 48.0 Å². The Labute approximate surface area is 174 Å². The van der Waals surface area contributed by atoms with E-state index in [-0.39, 0.29) is 5.91 Å². The molecule has 2 N–H and O–H groups in total. The lowest BCUT2D eigenvalue weighted by molar-refractivity contribution is 0.0937. The monoisotopic (exact) mass is 399 g/mol. The van der Waals surface area contributed by atoms with E-state index in [0.29, 0.717) is 24.7 Å². The fourth-order valence-corrected chi connectivity index (χ4v) is 3.01. The van der Waals surface area contributed by atoms with Crippen molar-refractivity contribution >= 4 is 28.4 Å². The van der Waals surface area contributed by atoms with Gasteiger partial charge in [-0.1, -0.05) is 12.1 Å². The van der Waals surface area contributed by atoms with Gasteiger partial charge in [-0.25, -0.2) is 9.97 Å². The van der Waals surface area contributed by atoms with E-state index in [9.17, 15) is 4.79 Å². The summed E-state index contributed by atoms with van der Waals surface area (Å²) < 4.78 is 4.93. The van der Waals surface area contributed by atoms with Crippen LogP contribution in [0.15, 0.2) is 73.2 Å². The van der Waals surface area contributed by atoms with E-state index in [1.54, 1.807) is 31.6 Å². The van der Waals surface area contributed by atoms with Crippen LogP contribution in [0.3, 0.4) is 0 Å². The van der Waals surface area contributed by atoms with Crippen molar-refractivity contribution < 1.29 is 9.53 Å². The van der Waals surface area contributed by atoms with Gasteiger partial charge in [0, 0.05) is 54.4 Å². The number of hydrogen-bond donors (Lipinski definition) is 2. The van der Waals surface area contributed by atoms with Crippen LogP contribution < -0.4 is 10.6 Å². The number of hydrogen-bond acceptors (Lipinski definition) is 6. The second-order valence-corrected chi connectivity index (χ2v) is 6.66. The first kappa shape index (κ1) is 19.5.